The molecule has 0 fully saturated rings. The molecule has 0 unspecified atom stereocenters. The number of benzene rings is 4. The molecule has 40 heavy (non-hydrogen) atoms. The summed E-state index contributed by atoms with van der Waals surface area (Å²) in [6.45, 7) is 1.33. The normalized spacial score (nSPS) is 12.8. The van der Waals surface area contributed by atoms with Gasteiger partial charge in [-0.1, -0.05) is 18.2 Å². The first kappa shape index (κ1) is 28.6. The third kappa shape index (κ3) is 6.23. The van der Waals surface area contributed by atoms with Gasteiger partial charge in [-0.05, 0) is 53.9 Å². The Hall–Kier alpha value is -4.45. The van der Waals surface area contributed by atoms with Crippen LogP contribution in [0.5, 0.6) is 5.75 Å². The second kappa shape index (κ2) is 11.0. The zero-order valence-corrected chi connectivity index (χ0v) is 22.1. The Morgan fingerprint density at radius 3 is 1.90 bits per heavy atom. The molecule has 14 nitrogen and oxygen atoms in total. The molecule has 0 aliphatic rings. The Labute approximate surface area is 228 Å². The van der Waals surface area contributed by atoms with Crippen LogP contribution < -0.4 is 11.1 Å². The van der Waals surface area contributed by atoms with Crippen molar-refractivity contribution in [3.63, 3.8) is 0 Å². The summed E-state index contributed by atoms with van der Waals surface area (Å²) >= 11 is 0. The lowest BCUT2D eigenvalue weighted by Crippen LogP contribution is -2.04. The average Bonchev–Trinajstić information content (AvgIpc) is 2.87. The van der Waals surface area contributed by atoms with E-state index in [-0.39, 0.29) is 22.4 Å². The first-order chi connectivity index (χ1) is 18.8. The minimum atomic E-state index is -5.01. The molecular formula is C24H22N6O8S2. The summed E-state index contributed by atoms with van der Waals surface area (Å²) in [5.74, 6) is -1.13. The predicted molar refractivity (Wildman–Crippen MR) is 149 cm³/mol. The maximum Gasteiger partial charge on any atom is 0.296 e. The highest BCUT2D eigenvalue weighted by molar-refractivity contribution is 8.19. The lowest BCUT2D eigenvalue weighted by molar-refractivity contribution is -0.114. The number of carbonyl (C=O) groups is 1. The van der Waals surface area contributed by atoms with E-state index in [1.807, 2.05) is 0 Å². The van der Waals surface area contributed by atoms with E-state index in [1.165, 1.54) is 31.2 Å². The second-order valence-corrected chi connectivity index (χ2v) is 11.1. The lowest BCUT2D eigenvalue weighted by Gasteiger charge is -2.23. The van der Waals surface area contributed by atoms with Gasteiger partial charge in [0.15, 0.2) is 5.75 Å². The van der Waals surface area contributed by atoms with E-state index in [0.29, 0.717) is 11.4 Å². The highest BCUT2D eigenvalue weighted by Crippen LogP contribution is 2.55. The van der Waals surface area contributed by atoms with Crippen molar-refractivity contribution in [3.8, 4) is 5.75 Å². The van der Waals surface area contributed by atoms with Gasteiger partial charge in [0.1, 0.15) is 27.1 Å². The lowest BCUT2D eigenvalue weighted by atomic mass is 10.1. The number of nitrogens with one attached hydrogen (secondary N) is 1. The summed E-state index contributed by atoms with van der Waals surface area (Å²) in [4.78, 5) is 9.72. The molecule has 0 aromatic heterocycles. The van der Waals surface area contributed by atoms with Crippen LogP contribution in [0.15, 0.2) is 97.0 Å². The van der Waals surface area contributed by atoms with Crippen LogP contribution >= 0.6 is 10.9 Å². The minimum Gasteiger partial charge on any atom is -0.505 e. The number of phenols is 1. The molecule has 0 saturated heterocycles. The minimum absolute atomic E-state index is 0.199. The first-order valence-corrected chi connectivity index (χ1v) is 14.1. The van der Waals surface area contributed by atoms with Crippen LogP contribution in [0.3, 0.4) is 0 Å². The van der Waals surface area contributed by atoms with Gasteiger partial charge in [0.05, 0.1) is 27.3 Å². The predicted octanol–water partition coefficient (Wildman–Crippen LogP) is 6.75. The molecule has 16 heteroatoms. The molecule has 0 spiro atoms. The van der Waals surface area contributed by atoms with Crippen molar-refractivity contribution in [2.45, 2.75) is 16.7 Å². The van der Waals surface area contributed by atoms with Crippen molar-refractivity contribution >= 4 is 71.8 Å². The number of aromatic hydroxyl groups is 1. The zero-order chi connectivity index (χ0) is 29.2. The molecule has 4 aromatic carbocycles. The number of hydrogen-bond acceptors (Lipinski definition) is 12. The molecule has 0 heterocycles. The van der Waals surface area contributed by atoms with Gasteiger partial charge in [-0.25, -0.2) is 0 Å². The number of hydrogen-bond donors (Lipinski definition) is 7. The molecule has 0 atom stereocenters. The Morgan fingerprint density at radius 1 is 0.800 bits per heavy atom. The van der Waals surface area contributed by atoms with Gasteiger partial charge < -0.3 is 29.8 Å². The Balaban J connectivity index is 1.93. The van der Waals surface area contributed by atoms with Crippen LogP contribution in [0, 0.1) is 0 Å². The number of fused-ring (bicyclic) bond motifs is 1. The van der Waals surface area contributed by atoms with E-state index in [9.17, 15) is 36.5 Å². The number of nitrogens with zero attached hydrogens (tertiary/aromatic N) is 4. The van der Waals surface area contributed by atoms with E-state index >= 15 is 0 Å². The first-order valence-electron chi connectivity index (χ1n) is 11.1. The molecule has 0 bridgehead atoms. The van der Waals surface area contributed by atoms with E-state index in [0.717, 1.165) is 12.1 Å². The number of nitrogens with two attached hydrogens (primary N) is 1. The largest absolute Gasteiger partial charge is 0.505 e. The quantitative estimate of drug-likeness (QED) is 0.0687. The summed E-state index contributed by atoms with van der Waals surface area (Å²) in [5.41, 5.74) is 5.74. The summed E-state index contributed by atoms with van der Waals surface area (Å²) < 4.78 is 64.3. The number of amides is 1. The molecule has 1 amide bonds. The Bertz CT molecular complexity index is 1770. The van der Waals surface area contributed by atoms with Crippen molar-refractivity contribution in [2.24, 2.45) is 20.5 Å². The van der Waals surface area contributed by atoms with Gasteiger partial charge in [-0.15, -0.1) is 10.2 Å². The SMILES string of the molecule is CC(=O)Nc1ccc(N=Nc2c(S(=O)(=O)O)cc3cc(S(O)(O)O)c(N=Nc4ccccc4)c(N)c3c2O)cc1. The van der Waals surface area contributed by atoms with Crippen LogP contribution in [0.2, 0.25) is 0 Å². The summed E-state index contributed by atoms with van der Waals surface area (Å²) in [6, 6.07) is 16.0. The molecule has 0 aliphatic heterocycles. The molecule has 4 rings (SSSR count). The maximum atomic E-state index is 12.2. The number of anilines is 2. The molecule has 0 saturated carbocycles. The third-order valence-corrected chi connectivity index (χ3v) is 7.13. The zero-order valence-electron chi connectivity index (χ0n) is 20.5. The number of rotatable bonds is 7. The average molecular weight is 587 g/mol. The van der Waals surface area contributed by atoms with Crippen molar-refractivity contribution in [1.29, 1.82) is 0 Å². The van der Waals surface area contributed by atoms with Crippen LogP contribution in [-0.4, -0.2) is 37.6 Å². The Morgan fingerprint density at radius 2 is 1.35 bits per heavy atom. The van der Waals surface area contributed by atoms with Crippen molar-refractivity contribution in [2.75, 3.05) is 11.1 Å². The van der Waals surface area contributed by atoms with Gasteiger partial charge in [0, 0.05) is 12.6 Å². The monoisotopic (exact) mass is 586 g/mol. The standard InChI is InChI=1S/C24H22N6O8S2/c1-13(31)26-15-7-9-17(10-8-15)28-30-23-19(40(36,37)38)12-14-11-18(39(33,34)35)22(21(25)20(14)24(23)32)29-27-16-5-3-2-4-6-16/h2-12,32-35H,25H2,1H3,(H,26,31)(H,36,37,38). The molecular weight excluding hydrogens is 564 g/mol. The van der Waals surface area contributed by atoms with Gasteiger partial charge in [-0.3, -0.25) is 9.35 Å². The van der Waals surface area contributed by atoms with Crippen molar-refractivity contribution in [1.82, 2.24) is 0 Å². The smallest absolute Gasteiger partial charge is 0.296 e. The van der Waals surface area contributed by atoms with E-state index < -0.39 is 53.6 Å². The summed E-state index contributed by atoms with van der Waals surface area (Å²) in [5, 5.41) is 28.8. The summed E-state index contributed by atoms with van der Waals surface area (Å²) in [6.07, 6.45) is 0. The number of nitrogen functional groups attached to an aromatic ring is 1. The highest BCUT2D eigenvalue weighted by Gasteiger charge is 2.29. The van der Waals surface area contributed by atoms with E-state index in [4.69, 9.17) is 5.73 Å². The van der Waals surface area contributed by atoms with Crippen molar-refractivity contribution < 1.29 is 36.5 Å². The van der Waals surface area contributed by atoms with Crippen LogP contribution in [0.4, 0.5) is 34.1 Å². The van der Waals surface area contributed by atoms with Gasteiger partial charge in [-0.2, -0.15) is 18.6 Å². The maximum absolute atomic E-state index is 12.2. The molecule has 0 aliphatic carbocycles. The van der Waals surface area contributed by atoms with E-state index in [1.54, 1.807) is 30.3 Å². The molecule has 0 radical (unpaired) electrons. The fraction of sp³-hybridized carbons (Fsp3) is 0.0417. The van der Waals surface area contributed by atoms with Crippen LogP contribution in [0.25, 0.3) is 10.8 Å². The van der Waals surface area contributed by atoms with Gasteiger partial charge >= 0.3 is 0 Å². The van der Waals surface area contributed by atoms with Crippen molar-refractivity contribution in [3.05, 3.63) is 66.7 Å². The highest BCUT2D eigenvalue weighted by atomic mass is 32.3. The topological polar surface area (TPSA) is 240 Å². The van der Waals surface area contributed by atoms with Gasteiger partial charge in [0.2, 0.25) is 5.91 Å². The number of azo groups is 2. The van der Waals surface area contributed by atoms with E-state index in [2.05, 4.69) is 25.8 Å². The fourth-order valence-electron chi connectivity index (χ4n) is 3.64. The second-order valence-electron chi connectivity index (χ2n) is 8.26. The number of carbonyl (C=O) groups excluding carboxylic acids is 1. The third-order valence-electron chi connectivity index (χ3n) is 5.36. The molecule has 4 aromatic rings. The Kier molecular flexibility index (Phi) is 7.83. The molecule has 208 valence electrons. The van der Waals surface area contributed by atoms with Crippen LogP contribution in [-0.2, 0) is 14.9 Å². The number of phenolic OH excluding ortho intramolecular Hbond substituents is 1. The molecule has 8 N–H and O–H groups in total. The van der Waals surface area contributed by atoms with Gasteiger partial charge in [0.25, 0.3) is 10.1 Å². The fourth-order valence-corrected chi connectivity index (χ4v) is 4.99. The van der Waals surface area contributed by atoms with Crippen LogP contribution in [0.1, 0.15) is 6.92 Å². The summed E-state index contributed by atoms with van der Waals surface area (Å²) in [7, 11) is -9.49.